The molecule has 2 rings (SSSR count). The van der Waals surface area contributed by atoms with Gasteiger partial charge in [0.2, 0.25) is 0 Å². The second kappa shape index (κ2) is 6.66. The molecule has 2 aromatic rings. The second-order valence-corrected chi connectivity index (χ2v) is 7.11. The molecule has 102 valence electrons. The monoisotopic (exact) mass is 353 g/mol. The van der Waals surface area contributed by atoms with Gasteiger partial charge in [-0.1, -0.05) is 58.5 Å². The maximum atomic E-state index is 6.21. The number of rotatable bonds is 4. The summed E-state index contributed by atoms with van der Waals surface area (Å²) in [7, 11) is 1.88. The molecule has 19 heavy (non-hydrogen) atoms. The first-order valence-corrected chi connectivity index (χ1v) is 7.90. The van der Waals surface area contributed by atoms with E-state index in [4.69, 9.17) is 46.4 Å². The molecule has 0 aliphatic heterocycles. The average molecular weight is 355 g/mol. The third-order valence-corrected chi connectivity index (χ3v) is 5.24. The normalized spacial score (nSPS) is 12.7. The Labute approximate surface area is 136 Å². The van der Waals surface area contributed by atoms with E-state index in [1.54, 1.807) is 6.07 Å². The van der Waals surface area contributed by atoms with Crippen LogP contribution in [0.2, 0.25) is 18.7 Å². The summed E-state index contributed by atoms with van der Waals surface area (Å²) < 4.78 is 1.37. The van der Waals surface area contributed by atoms with Crippen molar-refractivity contribution in [3.63, 3.8) is 0 Å². The number of benzene rings is 1. The molecule has 0 amide bonds. The fraction of sp³-hybridized carbons (Fsp3) is 0.231. The quantitative estimate of drug-likeness (QED) is 0.724. The van der Waals surface area contributed by atoms with Crippen LogP contribution in [0.5, 0.6) is 0 Å². The third kappa shape index (κ3) is 3.57. The first-order chi connectivity index (χ1) is 9.02. The topological polar surface area (TPSA) is 12.0 Å². The Balaban J connectivity index is 2.29. The molecule has 6 heteroatoms. The van der Waals surface area contributed by atoms with Crippen molar-refractivity contribution in [2.45, 2.75) is 12.5 Å². The van der Waals surface area contributed by atoms with Gasteiger partial charge in [0.05, 0.1) is 18.7 Å². The highest BCUT2D eigenvalue weighted by molar-refractivity contribution is 7.20. The van der Waals surface area contributed by atoms with Gasteiger partial charge in [-0.2, -0.15) is 0 Å². The lowest BCUT2D eigenvalue weighted by Crippen LogP contribution is -2.18. The lowest BCUT2D eigenvalue weighted by molar-refractivity contribution is 0.594. The van der Waals surface area contributed by atoms with E-state index in [0.29, 0.717) is 25.1 Å². The Hall–Kier alpha value is 0.0400. The molecule has 0 saturated carbocycles. The minimum Gasteiger partial charge on any atom is -0.313 e. The van der Waals surface area contributed by atoms with Crippen LogP contribution in [0.15, 0.2) is 24.3 Å². The van der Waals surface area contributed by atoms with E-state index >= 15 is 0 Å². The fourth-order valence-corrected chi connectivity index (χ4v) is 3.86. The maximum absolute atomic E-state index is 6.21. The lowest BCUT2D eigenvalue weighted by Gasteiger charge is -2.17. The van der Waals surface area contributed by atoms with E-state index in [-0.39, 0.29) is 6.04 Å². The zero-order valence-electron chi connectivity index (χ0n) is 10.0. The van der Waals surface area contributed by atoms with E-state index in [9.17, 15) is 0 Å². The van der Waals surface area contributed by atoms with Gasteiger partial charge in [0.1, 0.15) is 0 Å². The summed E-state index contributed by atoms with van der Waals surface area (Å²) in [5.41, 5.74) is 1.96. The molecule has 1 aromatic heterocycles. The third-order valence-electron chi connectivity index (χ3n) is 2.86. The average Bonchev–Trinajstić information content (AvgIpc) is 2.70. The standard InChI is InChI=1S/C13H11Cl4NS/c1-18-10(8-6-11(15)19-13(8)17)5-7-3-2-4-9(14)12(7)16/h2-4,6,10,18H,5H2,1H3. The van der Waals surface area contributed by atoms with Crippen LogP contribution in [0.25, 0.3) is 0 Å². The van der Waals surface area contributed by atoms with Crippen molar-refractivity contribution < 1.29 is 0 Å². The van der Waals surface area contributed by atoms with E-state index in [1.807, 2.05) is 25.2 Å². The predicted molar refractivity (Wildman–Crippen MR) is 86.3 cm³/mol. The Morgan fingerprint density at radius 3 is 2.53 bits per heavy atom. The Morgan fingerprint density at radius 1 is 1.21 bits per heavy atom. The Morgan fingerprint density at radius 2 is 1.95 bits per heavy atom. The number of likely N-dealkylation sites (N-methyl/N-ethyl adjacent to an activating group) is 1. The predicted octanol–water partition coefficient (Wildman–Crippen LogP) is 5.86. The maximum Gasteiger partial charge on any atom is 0.0992 e. The van der Waals surface area contributed by atoms with Crippen molar-refractivity contribution in [1.29, 1.82) is 0 Å². The van der Waals surface area contributed by atoms with Gasteiger partial charge in [-0.05, 0) is 31.2 Å². The SMILES string of the molecule is CNC(Cc1cccc(Cl)c1Cl)c1cc(Cl)sc1Cl. The highest BCUT2D eigenvalue weighted by atomic mass is 35.5. The Bertz CT molecular complexity index is 582. The molecule has 0 aliphatic carbocycles. The second-order valence-electron chi connectivity index (χ2n) is 4.04. The van der Waals surface area contributed by atoms with Gasteiger partial charge in [0, 0.05) is 11.6 Å². The minimum absolute atomic E-state index is 0.0483. The number of thiophene rings is 1. The van der Waals surface area contributed by atoms with Crippen molar-refractivity contribution in [2.75, 3.05) is 7.05 Å². The molecule has 1 heterocycles. The molecule has 0 bridgehead atoms. The number of nitrogens with one attached hydrogen (secondary N) is 1. The highest BCUT2D eigenvalue weighted by Crippen LogP contribution is 2.37. The fourth-order valence-electron chi connectivity index (χ4n) is 1.88. The van der Waals surface area contributed by atoms with Gasteiger partial charge in [-0.3, -0.25) is 0 Å². The molecule has 0 aliphatic rings. The van der Waals surface area contributed by atoms with Gasteiger partial charge >= 0.3 is 0 Å². The van der Waals surface area contributed by atoms with E-state index < -0.39 is 0 Å². The zero-order chi connectivity index (χ0) is 14.0. The van der Waals surface area contributed by atoms with Crippen LogP contribution in [0.3, 0.4) is 0 Å². The molecule has 0 radical (unpaired) electrons. The van der Waals surface area contributed by atoms with Crippen molar-refractivity contribution >= 4 is 57.7 Å². The van der Waals surface area contributed by atoms with Gasteiger partial charge in [0.25, 0.3) is 0 Å². The molecule has 1 N–H and O–H groups in total. The summed E-state index contributed by atoms with van der Waals surface area (Å²) in [6, 6.07) is 7.55. The van der Waals surface area contributed by atoms with E-state index in [1.165, 1.54) is 11.3 Å². The molecule has 1 aromatic carbocycles. The number of hydrogen-bond donors (Lipinski definition) is 1. The first kappa shape index (κ1) is 15.4. The van der Waals surface area contributed by atoms with Crippen LogP contribution in [-0.2, 0) is 6.42 Å². The number of halogens is 4. The molecular weight excluding hydrogens is 344 g/mol. The van der Waals surface area contributed by atoms with Crippen molar-refractivity contribution in [2.24, 2.45) is 0 Å². The molecule has 0 spiro atoms. The van der Waals surface area contributed by atoms with Gasteiger partial charge in [-0.25, -0.2) is 0 Å². The van der Waals surface area contributed by atoms with Crippen LogP contribution in [0.4, 0.5) is 0 Å². The van der Waals surface area contributed by atoms with Crippen LogP contribution in [0, 0.1) is 0 Å². The molecule has 1 nitrogen and oxygen atoms in total. The summed E-state index contributed by atoms with van der Waals surface area (Å²) >= 11 is 25.8. The lowest BCUT2D eigenvalue weighted by atomic mass is 10.0. The molecule has 1 atom stereocenters. The van der Waals surface area contributed by atoms with Crippen LogP contribution in [0.1, 0.15) is 17.2 Å². The highest BCUT2D eigenvalue weighted by Gasteiger charge is 2.18. The van der Waals surface area contributed by atoms with E-state index in [2.05, 4.69) is 5.32 Å². The summed E-state index contributed by atoms with van der Waals surface area (Å²) in [5.74, 6) is 0. The minimum atomic E-state index is 0.0483. The van der Waals surface area contributed by atoms with Crippen LogP contribution in [-0.4, -0.2) is 7.05 Å². The van der Waals surface area contributed by atoms with Gasteiger partial charge < -0.3 is 5.32 Å². The van der Waals surface area contributed by atoms with E-state index in [0.717, 1.165) is 11.1 Å². The molecule has 1 unspecified atom stereocenters. The largest absolute Gasteiger partial charge is 0.313 e. The summed E-state index contributed by atoms with van der Waals surface area (Å²) in [4.78, 5) is 0. The molecular formula is C13H11Cl4NS. The molecule has 0 fully saturated rings. The van der Waals surface area contributed by atoms with Crippen LogP contribution >= 0.6 is 57.7 Å². The first-order valence-electron chi connectivity index (χ1n) is 5.57. The number of hydrogen-bond acceptors (Lipinski definition) is 2. The summed E-state index contributed by atoms with van der Waals surface area (Å²) in [5, 5.41) is 4.37. The summed E-state index contributed by atoms with van der Waals surface area (Å²) in [6.45, 7) is 0. The Kier molecular flexibility index (Phi) is 5.41. The van der Waals surface area contributed by atoms with Crippen LogP contribution < -0.4 is 5.32 Å². The van der Waals surface area contributed by atoms with Crippen molar-refractivity contribution in [3.05, 3.63) is 54.1 Å². The molecule has 0 saturated heterocycles. The van der Waals surface area contributed by atoms with Gasteiger partial charge in [0.15, 0.2) is 0 Å². The zero-order valence-corrected chi connectivity index (χ0v) is 13.9. The van der Waals surface area contributed by atoms with Crippen molar-refractivity contribution in [1.82, 2.24) is 5.32 Å². The van der Waals surface area contributed by atoms with Crippen molar-refractivity contribution in [3.8, 4) is 0 Å². The smallest absolute Gasteiger partial charge is 0.0992 e. The summed E-state index contributed by atoms with van der Waals surface area (Å²) in [6.07, 6.45) is 0.697. The van der Waals surface area contributed by atoms with Gasteiger partial charge in [-0.15, -0.1) is 11.3 Å².